The Morgan fingerprint density at radius 3 is 3.06 bits per heavy atom. The van der Waals surface area contributed by atoms with E-state index < -0.39 is 0 Å². The van der Waals surface area contributed by atoms with E-state index in [-0.39, 0.29) is 6.04 Å². The highest BCUT2D eigenvalue weighted by molar-refractivity contribution is 7.09. The van der Waals surface area contributed by atoms with E-state index in [4.69, 9.17) is 5.84 Å². The predicted molar refractivity (Wildman–Crippen MR) is 70.8 cm³/mol. The maximum absolute atomic E-state index is 5.72. The van der Waals surface area contributed by atoms with Gasteiger partial charge in [-0.25, -0.2) is 0 Å². The van der Waals surface area contributed by atoms with Crippen LogP contribution in [0.2, 0.25) is 0 Å². The van der Waals surface area contributed by atoms with Gasteiger partial charge in [0.1, 0.15) is 0 Å². The third-order valence-corrected chi connectivity index (χ3v) is 4.28. The summed E-state index contributed by atoms with van der Waals surface area (Å²) in [6.07, 6.45) is 2.88. The summed E-state index contributed by atoms with van der Waals surface area (Å²) in [5, 5.41) is 0. The van der Waals surface area contributed by atoms with Crippen LogP contribution in [0.3, 0.4) is 0 Å². The Labute approximate surface area is 107 Å². The molecule has 1 aromatic rings. The average Bonchev–Trinajstić information content (AvgIpc) is 2.82. The Morgan fingerprint density at radius 1 is 1.59 bits per heavy atom. The minimum Gasteiger partial charge on any atom is -0.303 e. The maximum atomic E-state index is 5.72. The summed E-state index contributed by atoms with van der Waals surface area (Å²) < 4.78 is 0. The van der Waals surface area contributed by atoms with Gasteiger partial charge < -0.3 is 4.90 Å². The number of thiazole rings is 1. The lowest BCUT2D eigenvalue weighted by Gasteiger charge is -2.41. The maximum Gasteiger partial charge on any atom is 0.0794 e. The van der Waals surface area contributed by atoms with Crippen molar-refractivity contribution in [3.05, 3.63) is 16.6 Å². The molecule has 17 heavy (non-hydrogen) atoms. The number of aromatic nitrogens is 1. The Kier molecular flexibility index (Phi) is 4.47. The molecule has 0 aromatic carbocycles. The zero-order chi connectivity index (χ0) is 12.3. The Bertz CT molecular complexity index is 329. The number of piperazine rings is 1. The zero-order valence-electron chi connectivity index (χ0n) is 10.5. The molecule has 96 valence electrons. The Balaban J connectivity index is 2.01. The van der Waals surface area contributed by atoms with Gasteiger partial charge in [-0.2, -0.15) is 0 Å². The van der Waals surface area contributed by atoms with Gasteiger partial charge in [0.15, 0.2) is 0 Å². The van der Waals surface area contributed by atoms with Crippen molar-refractivity contribution in [2.75, 3.05) is 33.7 Å². The van der Waals surface area contributed by atoms with Gasteiger partial charge in [0.05, 0.1) is 5.51 Å². The fraction of sp³-hybridized carbons (Fsp3) is 0.727. The van der Waals surface area contributed by atoms with Gasteiger partial charge >= 0.3 is 0 Å². The van der Waals surface area contributed by atoms with Crippen LogP contribution in [0, 0.1) is 0 Å². The van der Waals surface area contributed by atoms with E-state index in [0.717, 1.165) is 26.1 Å². The molecular weight excluding hydrogens is 234 g/mol. The first-order chi connectivity index (χ1) is 8.20. The number of rotatable bonds is 4. The second-order valence-corrected chi connectivity index (χ2v) is 5.73. The van der Waals surface area contributed by atoms with Crippen LogP contribution < -0.4 is 11.3 Å². The first-order valence-electron chi connectivity index (χ1n) is 5.93. The lowest BCUT2D eigenvalue weighted by Crippen LogP contribution is -2.60. The highest BCUT2D eigenvalue weighted by Crippen LogP contribution is 2.15. The molecule has 1 fully saturated rings. The molecule has 1 aliphatic rings. The fourth-order valence-electron chi connectivity index (χ4n) is 2.34. The topological polar surface area (TPSA) is 57.4 Å². The van der Waals surface area contributed by atoms with Crippen LogP contribution in [-0.4, -0.2) is 60.6 Å². The Morgan fingerprint density at radius 2 is 2.41 bits per heavy atom. The molecule has 2 unspecified atom stereocenters. The van der Waals surface area contributed by atoms with Gasteiger partial charge in [-0.15, -0.1) is 11.3 Å². The molecule has 2 rings (SSSR count). The highest BCUT2D eigenvalue weighted by Gasteiger charge is 2.29. The van der Waals surface area contributed by atoms with Crippen molar-refractivity contribution in [1.82, 2.24) is 20.2 Å². The molecular formula is C11H21N5S. The smallest absolute Gasteiger partial charge is 0.0794 e. The third-order valence-electron chi connectivity index (χ3n) is 3.48. The van der Waals surface area contributed by atoms with Crippen molar-refractivity contribution < 1.29 is 0 Å². The van der Waals surface area contributed by atoms with Crippen molar-refractivity contribution in [3.8, 4) is 0 Å². The van der Waals surface area contributed by atoms with Crippen molar-refractivity contribution in [2.24, 2.45) is 5.84 Å². The van der Waals surface area contributed by atoms with Crippen LogP contribution in [0.25, 0.3) is 0 Å². The van der Waals surface area contributed by atoms with E-state index in [9.17, 15) is 0 Å². The number of nitrogens with zero attached hydrogens (tertiary/aromatic N) is 3. The largest absolute Gasteiger partial charge is 0.303 e. The number of hydrogen-bond donors (Lipinski definition) is 2. The second kappa shape index (κ2) is 5.88. The molecule has 0 amide bonds. The third kappa shape index (κ3) is 3.23. The summed E-state index contributed by atoms with van der Waals surface area (Å²) in [6, 6.07) is 0.740. The van der Waals surface area contributed by atoms with Crippen LogP contribution in [-0.2, 0) is 6.42 Å². The van der Waals surface area contributed by atoms with E-state index >= 15 is 0 Å². The molecule has 2 atom stereocenters. The molecule has 0 aliphatic carbocycles. The molecule has 1 saturated heterocycles. The summed E-state index contributed by atoms with van der Waals surface area (Å²) in [6.45, 7) is 3.29. The SMILES string of the molecule is CN1CCN(C)C(C(Cc2cncs2)NN)C1. The molecule has 1 aromatic heterocycles. The van der Waals surface area contributed by atoms with Gasteiger partial charge in [-0.3, -0.25) is 21.2 Å². The molecule has 0 bridgehead atoms. The van der Waals surface area contributed by atoms with Gasteiger partial charge in [-0.1, -0.05) is 0 Å². The van der Waals surface area contributed by atoms with Crippen LogP contribution in [0.4, 0.5) is 0 Å². The molecule has 0 radical (unpaired) electrons. The first-order valence-corrected chi connectivity index (χ1v) is 6.81. The minimum atomic E-state index is 0.281. The quantitative estimate of drug-likeness (QED) is 0.575. The fourth-order valence-corrected chi connectivity index (χ4v) is 3.00. The van der Waals surface area contributed by atoms with Crippen LogP contribution in [0.5, 0.6) is 0 Å². The molecule has 3 N–H and O–H groups in total. The van der Waals surface area contributed by atoms with Gasteiger partial charge in [0.25, 0.3) is 0 Å². The van der Waals surface area contributed by atoms with E-state index in [1.807, 2.05) is 11.7 Å². The number of likely N-dealkylation sites (N-methyl/N-ethyl adjacent to an activating group) is 2. The van der Waals surface area contributed by atoms with E-state index in [2.05, 4.69) is 34.3 Å². The van der Waals surface area contributed by atoms with E-state index in [1.165, 1.54) is 4.88 Å². The summed E-state index contributed by atoms with van der Waals surface area (Å²) in [4.78, 5) is 10.2. The molecule has 6 heteroatoms. The van der Waals surface area contributed by atoms with Crippen molar-refractivity contribution in [2.45, 2.75) is 18.5 Å². The lowest BCUT2D eigenvalue weighted by atomic mass is 10.0. The molecule has 0 saturated carbocycles. The summed E-state index contributed by atoms with van der Waals surface area (Å²) in [7, 11) is 4.34. The number of nitrogens with one attached hydrogen (secondary N) is 1. The predicted octanol–water partition coefficient (Wildman–Crippen LogP) is -0.237. The summed E-state index contributed by atoms with van der Waals surface area (Å²) in [5.74, 6) is 5.72. The lowest BCUT2D eigenvalue weighted by molar-refractivity contribution is 0.0879. The molecule has 2 heterocycles. The van der Waals surface area contributed by atoms with Gasteiger partial charge in [-0.05, 0) is 14.1 Å². The normalized spacial score (nSPS) is 25.0. The number of hydrazine groups is 1. The van der Waals surface area contributed by atoms with Crippen LogP contribution in [0.1, 0.15) is 4.88 Å². The first kappa shape index (κ1) is 12.9. The molecule has 1 aliphatic heterocycles. The van der Waals surface area contributed by atoms with Crippen molar-refractivity contribution in [3.63, 3.8) is 0 Å². The monoisotopic (exact) mass is 255 g/mol. The van der Waals surface area contributed by atoms with Gasteiger partial charge in [0, 0.05) is 49.2 Å². The van der Waals surface area contributed by atoms with E-state index in [1.54, 1.807) is 11.3 Å². The van der Waals surface area contributed by atoms with Crippen LogP contribution >= 0.6 is 11.3 Å². The molecule has 0 spiro atoms. The van der Waals surface area contributed by atoms with Crippen LogP contribution in [0.15, 0.2) is 11.7 Å². The standard InChI is InChI=1S/C11H21N5S/c1-15-3-4-16(2)11(7-15)10(14-12)5-9-6-13-8-17-9/h6,8,10-11,14H,3-5,7,12H2,1-2H3. The molecule has 5 nitrogen and oxygen atoms in total. The highest BCUT2D eigenvalue weighted by atomic mass is 32.1. The summed E-state index contributed by atoms with van der Waals surface area (Å²) >= 11 is 1.69. The number of nitrogens with two attached hydrogens (primary N) is 1. The van der Waals surface area contributed by atoms with Gasteiger partial charge in [0.2, 0.25) is 0 Å². The summed E-state index contributed by atoms with van der Waals surface area (Å²) in [5.41, 5.74) is 4.85. The second-order valence-electron chi connectivity index (χ2n) is 4.76. The van der Waals surface area contributed by atoms with Crippen molar-refractivity contribution >= 4 is 11.3 Å². The van der Waals surface area contributed by atoms with E-state index in [0.29, 0.717) is 6.04 Å². The zero-order valence-corrected chi connectivity index (χ0v) is 11.3. The van der Waals surface area contributed by atoms with Crippen molar-refractivity contribution in [1.29, 1.82) is 0 Å². The number of hydrogen-bond acceptors (Lipinski definition) is 6. The minimum absolute atomic E-state index is 0.281. The average molecular weight is 255 g/mol. The Hall–Kier alpha value is -0.530.